The summed E-state index contributed by atoms with van der Waals surface area (Å²) in [6.45, 7) is 0. The van der Waals surface area contributed by atoms with E-state index in [-0.39, 0.29) is 6.42 Å². The van der Waals surface area contributed by atoms with Crippen molar-refractivity contribution in [3.63, 3.8) is 0 Å². The topological polar surface area (TPSA) is 37.3 Å². The molecule has 0 bridgehead atoms. The Labute approximate surface area is 137 Å². The highest BCUT2D eigenvalue weighted by molar-refractivity contribution is 5.67. The molecule has 0 aromatic heterocycles. The molecule has 2 aromatic carbocycles. The number of carbonyl (C=O) groups is 1. The number of hydrogen-bond acceptors (Lipinski definition) is 1. The van der Waals surface area contributed by atoms with Crippen molar-refractivity contribution in [3.05, 3.63) is 95.6 Å². The third kappa shape index (κ3) is 6.62. The van der Waals surface area contributed by atoms with Crippen molar-refractivity contribution in [3.8, 4) is 0 Å². The Bertz CT molecular complexity index is 692. The largest absolute Gasteiger partial charge is 0.481 e. The molecule has 0 atom stereocenters. The summed E-state index contributed by atoms with van der Waals surface area (Å²) < 4.78 is 0. The number of hydrogen-bond donors (Lipinski definition) is 1. The van der Waals surface area contributed by atoms with E-state index in [0.717, 1.165) is 11.1 Å². The Morgan fingerprint density at radius 3 is 1.91 bits per heavy atom. The highest BCUT2D eigenvalue weighted by atomic mass is 16.4. The van der Waals surface area contributed by atoms with E-state index < -0.39 is 5.97 Å². The Balaban J connectivity index is 1.82. The summed E-state index contributed by atoms with van der Waals surface area (Å²) in [6, 6.07) is 18.1. The van der Waals surface area contributed by atoms with Crippen LogP contribution in [0.4, 0.5) is 0 Å². The predicted molar refractivity (Wildman–Crippen MR) is 96.0 cm³/mol. The highest BCUT2D eigenvalue weighted by Gasteiger charge is 1.98. The fraction of sp³-hybridized carbons (Fsp3) is 0.0952. The number of allylic oxidation sites excluding steroid dienone is 4. The number of carboxylic acid groups (broad SMARTS) is 1. The molecule has 2 nitrogen and oxygen atoms in total. The number of carboxylic acids is 1. The lowest BCUT2D eigenvalue weighted by Crippen LogP contribution is -1.97. The van der Waals surface area contributed by atoms with Crippen molar-refractivity contribution in [2.45, 2.75) is 12.8 Å². The second-order valence-corrected chi connectivity index (χ2v) is 5.15. The zero-order chi connectivity index (χ0) is 16.3. The number of aryl methyl sites for hydroxylation is 1. The van der Waals surface area contributed by atoms with E-state index in [4.69, 9.17) is 5.11 Å². The van der Waals surface area contributed by atoms with Gasteiger partial charge in [0.05, 0.1) is 0 Å². The first kappa shape index (κ1) is 16.5. The SMILES string of the molecule is O=C(O)CCc1ccc(/C=C/C=C/C=C\c2ccccc2)cc1. The number of rotatable bonds is 7. The van der Waals surface area contributed by atoms with E-state index in [0.29, 0.717) is 6.42 Å². The molecule has 0 saturated heterocycles. The van der Waals surface area contributed by atoms with Crippen LogP contribution in [-0.2, 0) is 11.2 Å². The van der Waals surface area contributed by atoms with Gasteiger partial charge in [0.2, 0.25) is 0 Å². The molecular formula is C21H20O2. The van der Waals surface area contributed by atoms with Gasteiger partial charge in [-0.3, -0.25) is 4.79 Å². The van der Waals surface area contributed by atoms with Crippen LogP contribution >= 0.6 is 0 Å². The molecule has 0 radical (unpaired) electrons. The Morgan fingerprint density at radius 1 is 0.783 bits per heavy atom. The standard InChI is InChI=1S/C21H20O2/c22-21(23)17-16-20-14-12-19(13-15-20)11-5-2-1-4-8-18-9-6-3-7-10-18/h1-15H,16-17H2,(H,22,23)/b2-1+,8-4-,11-5+. The molecule has 2 heteroatoms. The minimum atomic E-state index is -0.761. The molecule has 0 fully saturated rings. The van der Waals surface area contributed by atoms with E-state index in [1.165, 1.54) is 5.56 Å². The van der Waals surface area contributed by atoms with Gasteiger partial charge in [0, 0.05) is 6.42 Å². The van der Waals surface area contributed by atoms with E-state index in [1.54, 1.807) is 0 Å². The molecule has 0 heterocycles. The van der Waals surface area contributed by atoms with Gasteiger partial charge in [-0.15, -0.1) is 0 Å². The van der Waals surface area contributed by atoms with Crippen molar-refractivity contribution in [1.82, 2.24) is 0 Å². The van der Waals surface area contributed by atoms with Gasteiger partial charge in [0.15, 0.2) is 0 Å². The van der Waals surface area contributed by atoms with Gasteiger partial charge in [0.1, 0.15) is 0 Å². The lowest BCUT2D eigenvalue weighted by molar-refractivity contribution is -0.136. The molecule has 116 valence electrons. The molecule has 0 spiro atoms. The lowest BCUT2D eigenvalue weighted by Gasteiger charge is -1.99. The second kappa shape index (κ2) is 9.21. The minimum Gasteiger partial charge on any atom is -0.481 e. The maximum absolute atomic E-state index is 10.5. The van der Waals surface area contributed by atoms with Crippen LogP contribution in [0, 0.1) is 0 Å². The fourth-order valence-electron chi connectivity index (χ4n) is 2.07. The Kier molecular flexibility index (Phi) is 6.61. The zero-order valence-corrected chi connectivity index (χ0v) is 12.9. The summed E-state index contributed by atoms with van der Waals surface area (Å²) in [4.78, 5) is 10.5. The molecule has 23 heavy (non-hydrogen) atoms. The fourth-order valence-corrected chi connectivity index (χ4v) is 2.07. The van der Waals surface area contributed by atoms with Crippen LogP contribution in [0.15, 0.2) is 78.9 Å². The third-order valence-corrected chi connectivity index (χ3v) is 3.32. The van der Waals surface area contributed by atoms with Crippen molar-refractivity contribution >= 4 is 18.1 Å². The first-order valence-electron chi connectivity index (χ1n) is 7.61. The van der Waals surface area contributed by atoms with Crippen molar-refractivity contribution in [2.24, 2.45) is 0 Å². The maximum Gasteiger partial charge on any atom is 0.303 e. The third-order valence-electron chi connectivity index (χ3n) is 3.32. The van der Waals surface area contributed by atoms with Gasteiger partial charge in [0.25, 0.3) is 0 Å². The minimum absolute atomic E-state index is 0.172. The van der Waals surface area contributed by atoms with Crippen LogP contribution in [0.25, 0.3) is 12.2 Å². The molecule has 0 saturated carbocycles. The van der Waals surface area contributed by atoms with Crippen molar-refractivity contribution in [1.29, 1.82) is 0 Å². The molecule has 2 aromatic rings. The van der Waals surface area contributed by atoms with Crippen LogP contribution in [0.3, 0.4) is 0 Å². The van der Waals surface area contributed by atoms with Gasteiger partial charge < -0.3 is 5.11 Å². The second-order valence-electron chi connectivity index (χ2n) is 5.15. The molecule has 0 aliphatic rings. The highest BCUT2D eigenvalue weighted by Crippen LogP contribution is 2.08. The first-order chi connectivity index (χ1) is 11.2. The van der Waals surface area contributed by atoms with E-state index in [1.807, 2.05) is 72.8 Å². The zero-order valence-electron chi connectivity index (χ0n) is 12.9. The first-order valence-corrected chi connectivity index (χ1v) is 7.61. The van der Waals surface area contributed by atoms with E-state index in [9.17, 15) is 4.79 Å². The molecule has 0 unspecified atom stereocenters. The van der Waals surface area contributed by atoms with Gasteiger partial charge >= 0.3 is 5.97 Å². The van der Waals surface area contributed by atoms with E-state index in [2.05, 4.69) is 18.2 Å². The lowest BCUT2D eigenvalue weighted by atomic mass is 10.1. The number of aliphatic carboxylic acids is 1. The molecule has 0 amide bonds. The van der Waals surface area contributed by atoms with Gasteiger partial charge in [-0.2, -0.15) is 0 Å². The summed E-state index contributed by atoms with van der Waals surface area (Å²) >= 11 is 0. The van der Waals surface area contributed by atoms with Crippen molar-refractivity contribution in [2.75, 3.05) is 0 Å². The molecule has 1 N–H and O–H groups in total. The van der Waals surface area contributed by atoms with Gasteiger partial charge in [-0.25, -0.2) is 0 Å². The summed E-state index contributed by atoms with van der Waals surface area (Å²) in [5.74, 6) is -0.761. The van der Waals surface area contributed by atoms with Crippen LogP contribution in [0.1, 0.15) is 23.1 Å². The number of benzene rings is 2. The summed E-state index contributed by atoms with van der Waals surface area (Å²) in [5.41, 5.74) is 3.32. The Morgan fingerprint density at radius 2 is 1.35 bits per heavy atom. The van der Waals surface area contributed by atoms with Crippen LogP contribution < -0.4 is 0 Å². The molecule has 2 rings (SSSR count). The van der Waals surface area contributed by atoms with Gasteiger partial charge in [-0.05, 0) is 23.1 Å². The van der Waals surface area contributed by atoms with Crippen LogP contribution in [0.5, 0.6) is 0 Å². The summed E-state index contributed by atoms with van der Waals surface area (Å²) in [6.07, 6.45) is 12.8. The normalized spacial score (nSPS) is 11.7. The van der Waals surface area contributed by atoms with E-state index >= 15 is 0 Å². The van der Waals surface area contributed by atoms with Gasteiger partial charge in [-0.1, -0.05) is 91.1 Å². The average Bonchev–Trinajstić information content (AvgIpc) is 2.58. The maximum atomic E-state index is 10.5. The van der Waals surface area contributed by atoms with Crippen LogP contribution in [0.2, 0.25) is 0 Å². The Hall–Kier alpha value is -2.87. The molecular weight excluding hydrogens is 284 g/mol. The molecule has 0 aliphatic heterocycles. The molecule has 0 aliphatic carbocycles. The van der Waals surface area contributed by atoms with Crippen molar-refractivity contribution < 1.29 is 9.90 Å². The van der Waals surface area contributed by atoms with Crippen LogP contribution in [-0.4, -0.2) is 11.1 Å². The summed E-state index contributed by atoms with van der Waals surface area (Å²) in [5, 5.41) is 8.66. The summed E-state index contributed by atoms with van der Waals surface area (Å²) in [7, 11) is 0. The smallest absolute Gasteiger partial charge is 0.303 e. The average molecular weight is 304 g/mol. The quantitative estimate of drug-likeness (QED) is 0.732. The monoisotopic (exact) mass is 304 g/mol. The predicted octanol–water partition coefficient (Wildman–Crippen LogP) is 4.99.